The van der Waals surface area contributed by atoms with Gasteiger partial charge in [0.15, 0.2) is 0 Å². The Kier molecular flexibility index (Phi) is 7.00. The molecule has 7 nitrogen and oxygen atoms in total. The highest BCUT2D eigenvalue weighted by Crippen LogP contribution is 2.44. The molecule has 1 fully saturated rings. The third-order valence-corrected chi connectivity index (χ3v) is 6.57. The molecule has 4 rings (SSSR count). The molecule has 0 bridgehead atoms. The first-order valence-electron chi connectivity index (χ1n) is 11.3. The average Bonchev–Trinajstić information content (AvgIpc) is 3.39. The molecule has 0 spiro atoms. The molecule has 0 heterocycles. The molecule has 186 valence electrons. The molecule has 3 N–H and O–H groups in total. The highest BCUT2D eigenvalue weighted by molar-refractivity contribution is 5.80. The summed E-state index contributed by atoms with van der Waals surface area (Å²) < 4.78 is 45.8. The summed E-state index contributed by atoms with van der Waals surface area (Å²) in [5.74, 6) is -2.85. The summed E-state index contributed by atoms with van der Waals surface area (Å²) in [4.78, 5) is 35.5. The number of benzene rings is 2. The van der Waals surface area contributed by atoms with E-state index < -0.39 is 48.6 Å². The van der Waals surface area contributed by atoms with Crippen LogP contribution < -0.4 is 10.6 Å². The second kappa shape index (κ2) is 9.97. The Labute approximate surface area is 199 Å². The molecule has 2 aliphatic carbocycles. The molecule has 0 saturated heterocycles. The van der Waals surface area contributed by atoms with Gasteiger partial charge in [-0.15, -0.1) is 0 Å². The Morgan fingerprint density at radius 3 is 2.14 bits per heavy atom. The van der Waals surface area contributed by atoms with Gasteiger partial charge in [0.2, 0.25) is 5.91 Å². The van der Waals surface area contributed by atoms with Gasteiger partial charge < -0.3 is 20.5 Å². The third kappa shape index (κ3) is 5.58. The summed E-state index contributed by atoms with van der Waals surface area (Å²) in [5.41, 5.74) is 3.81. The van der Waals surface area contributed by atoms with E-state index in [1.807, 2.05) is 48.5 Å². The van der Waals surface area contributed by atoms with Crippen LogP contribution in [0.15, 0.2) is 48.5 Å². The van der Waals surface area contributed by atoms with Gasteiger partial charge in [-0.3, -0.25) is 9.59 Å². The number of amides is 2. The highest BCUT2D eigenvalue weighted by Gasteiger charge is 2.43. The largest absolute Gasteiger partial charge is 0.481 e. The van der Waals surface area contributed by atoms with E-state index in [1.54, 1.807) is 5.32 Å². The minimum atomic E-state index is -4.87. The van der Waals surface area contributed by atoms with Crippen molar-refractivity contribution in [2.45, 2.75) is 49.9 Å². The fraction of sp³-hybridized carbons (Fsp3) is 0.400. The van der Waals surface area contributed by atoms with Crippen LogP contribution in [0.1, 0.15) is 42.7 Å². The fourth-order valence-electron chi connectivity index (χ4n) is 4.84. The number of aliphatic carboxylic acids is 1. The molecule has 35 heavy (non-hydrogen) atoms. The number of alkyl halides is 3. The third-order valence-electron chi connectivity index (χ3n) is 6.57. The molecule has 0 aromatic heterocycles. The van der Waals surface area contributed by atoms with Gasteiger partial charge >= 0.3 is 18.2 Å². The number of ether oxygens (including phenoxy) is 1. The van der Waals surface area contributed by atoms with Crippen LogP contribution in [-0.4, -0.2) is 47.9 Å². The number of hydrogen-bond donors (Lipinski definition) is 3. The maximum absolute atomic E-state index is 13.5. The summed E-state index contributed by atoms with van der Waals surface area (Å²) in [6, 6.07) is 12.2. The van der Waals surface area contributed by atoms with E-state index in [1.165, 1.54) is 0 Å². The quantitative estimate of drug-likeness (QED) is 0.539. The van der Waals surface area contributed by atoms with E-state index >= 15 is 0 Å². The van der Waals surface area contributed by atoms with Crippen molar-refractivity contribution in [3.8, 4) is 11.1 Å². The van der Waals surface area contributed by atoms with Gasteiger partial charge in [0.05, 0.1) is 12.3 Å². The number of carboxylic acids is 1. The maximum Gasteiger partial charge on any atom is 0.409 e. The van der Waals surface area contributed by atoms with Crippen LogP contribution >= 0.6 is 0 Å². The lowest BCUT2D eigenvalue weighted by Crippen LogP contribution is -2.49. The van der Waals surface area contributed by atoms with Crippen molar-refractivity contribution >= 4 is 18.0 Å². The first-order valence-corrected chi connectivity index (χ1v) is 11.3. The minimum Gasteiger partial charge on any atom is -0.481 e. The first-order chi connectivity index (χ1) is 16.6. The lowest BCUT2D eigenvalue weighted by Gasteiger charge is -2.23. The number of carboxylic acid groups (broad SMARTS) is 1. The first kappa shape index (κ1) is 24.6. The van der Waals surface area contributed by atoms with Gasteiger partial charge in [-0.1, -0.05) is 48.5 Å². The van der Waals surface area contributed by atoms with Crippen molar-refractivity contribution in [3.63, 3.8) is 0 Å². The molecule has 2 aliphatic rings. The Bertz CT molecular complexity index is 1070. The number of fused-ring (bicyclic) bond motifs is 3. The van der Waals surface area contributed by atoms with E-state index in [0.29, 0.717) is 12.8 Å². The Morgan fingerprint density at radius 2 is 1.60 bits per heavy atom. The topological polar surface area (TPSA) is 105 Å². The van der Waals surface area contributed by atoms with Crippen LogP contribution in [0.25, 0.3) is 11.1 Å². The standard InChI is InChI=1S/C25H25F3N2O5/c26-25(27,28)21(12-22(31)29-15-10-9-14(11-15)23(32)33)30-24(34)35-13-20-18-7-3-1-5-16(18)17-6-2-4-8-19(17)20/h1-8,14-15,20-21H,9-13H2,(H,29,31)(H,30,34)(H,32,33)/t14-,15+,21?/m1/s1. The molecular weight excluding hydrogens is 465 g/mol. The second-order valence-electron chi connectivity index (χ2n) is 8.88. The molecule has 10 heteroatoms. The van der Waals surface area contributed by atoms with Gasteiger partial charge in [0.1, 0.15) is 12.6 Å². The predicted molar refractivity (Wildman–Crippen MR) is 120 cm³/mol. The van der Waals surface area contributed by atoms with Gasteiger partial charge in [-0.2, -0.15) is 13.2 Å². The number of halogens is 3. The van der Waals surface area contributed by atoms with E-state index in [-0.39, 0.29) is 18.9 Å². The van der Waals surface area contributed by atoms with Crippen molar-refractivity contribution in [1.82, 2.24) is 10.6 Å². The molecule has 2 amide bonds. The van der Waals surface area contributed by atoms with Gasteiger partial charge in [-0.25, -0.2) is 4.79 Å². The SMILES string of the molecule is O=C(CC(NC(=O)OCC1c2ccccc2-c2ccccc21)C(F)(F)F)N[C@H]1CC[C@@H](C(=O)O)C1. The zero-order chi connectivity index (χ0) is 25.2. The zero-order valence-corrected chi connectivity index (χ0v) is 18.7. The van der Waals surface area contributed by atoms with Crippen LogP contribution in [0.4, 0.5) is 18.0 Å². The van der Waals surface area contributed by atoms with Crippen molar-refractivity contribution in [3.05, 3.63) is 59.7 Å². The zero-order valence-electron chi connectivity index (χ0n) is 18.7. The van der Waals surface area contributed by atoms with Crippen LogP contribution in [0.3, 0.4) is 0 Å². The Morgan fingerprint density at radius 1 is 1.00 bits per heavy atom. The molecule has 0 aliphatic heterocycles. The normalized spacial score (nSPS) is 20.0. The summed E-state index contributed by atoms with van der Waals surface area (Å²) in [5, 5.41) is 13.2. The number of hydrogen-bond acceptors (Lipinski definition) is 4. The summed E-state index contributed by atoms with van der Waals surface area (Å²) in [7, 11) is 0. The van der Waals surface area contributed by atoms with Crippen LogP contribution in [0, 0.1) is 5.92 Å². The molecule has 0 radical (unpaired) electrons. The molecule has 2 aromatic carbocycles. The number of carbonyl (C=O) groups excluding carboxylic acids is 2. The molecule has 1 unspecified atom stereocenters. The number of carbonyl (C=O) groups is 3. The second-order valence-corrected chi connectivity index (χ2v) is 8.88. The average molecular weight is 490 g/mol. The molecule has 3 atom stereocenters. The summed E-state index contributed by atoms with van der Waals surface area (Å²) in [6.45, 7) is -0.157. The predicted octanol–water partition coefficient (Wildman–Crippen LogP) is 4.22. The van der Waals surface area contributed by atoms with Crippen molar-refractivity contribution < 1.29 is 37.4 Å². The van der Waals surface area contributed by atoms with Gasteiger partial charge in [0.25, 0.3) is 0 Å². The van der Waals surface area contributed by atoms with E-state index in [9.17, 15) is 27.6 Å². The van der Waals surface area contributed by atoms with Crippen LogP contribution in [-0.2, 0) is 14.3 Å². The summed E-state index contributed by atoms with van der Waals surface area (Å²) >= 11 is 0. The molecular formula is C25H25F3N2O5. The van der Waals surface area contributed by atoms with E-state index in [2.05, 4.69) is 5.32 Å². The van der Waals surface area contributed by atoms with Crippen LogP contribution in [0.5, 0.6) is 0 Å². The van der Waals surface area contributed by atoms with Crippen LogP contribution in [0.2, 0.25) is 0 Å². The lowest BCUT2D eigenvalue weighted by atomic mass is 9.98. The summed E-state index contributed by atoms with van der Waals surface area (Å²) in [6.07, 6.45) is -6.28. The number of alkyl carbamates (subject to hydrolysis) is 1. The maximum atomic E-state index is 13.5. The minimum absolute atomic E-state index is 0.157. The van der Waals surface area contributed by atoms with Crippen molar-refractivity contribution in [1.29, 1.82) is 0 Å². The monoisotopic (exact) mass is 490 g/mol. The molecule has 2 aromatic rings. The number of rotatable bonds is 7. The highest BCUT2D eigenvalue weighted by atomic mass is 19.4. The Balaban J connectivity index is 1.35. The number of nitrogens with one attached hydrogen (secondary N) is 2. The van der Waals surface area contributed by atoms with Crippen molar-refractivity contribution in [2.24, 2.45) is 5.92 Å². The fourth-order valence-corrected chi connectivity index (χ4v) is 4.84. The lowest BCUT2D eigenvalue weighted by molar-refractivity contribution is -0.160. The van der Waals surface area contributed by atoms with E-state index in [0.717, 1.165) is 22.3 Å². The Hall–Kier alpha value is -3.56. The van der Waals surface area contributed by atoms with Crippen molar-refractivity contribution in [2.75, 3.05) is 6.61 Å². The molecule has 1 saturated carbocycles. The van der Waals surface area contributed by atoms with Gasteiger partial charge in [-0.05, 0) is 41.5 Å². The van der Waals surface area contributed by atoms with E-state index in [4.69, 9.17) is 9.84 Å². The smallest absolute Gasteiger partial charge is 0.409 e. The van der Waals surface area contributed by atoms with Gasteiger partial charge in [0, 0.05) is 12.0 Å².